The van der Waals surface area contributed by atoms with Gasteiger partial charge >= 0.3 is 0 Å². The van der Waals surface area contributed by atoms with Crippen LogP contribution in [0, 0.1) is 23.0 Å². The van der Waals surface area contributed by atoms with Crippen molar-refractivity contribution in [2.75, 3.05) is 31.3 Å². The molecule has 0 heterocycles. The first-order chi connectivity index (χ1) is 15.5. The van der Waals surface area contributed by atoms with Gasteiger partial charge in [-0.1, -0.05) is 39.0 Å². The number of hydrogen-bond donors (Lipinski definition) is 0. The van der Waals surface area contributed by atoms with Gasteiger partial charge in [-0.15, -0.1) is 0 Å². The maximum absolute atomic E-state index is 14.3. The molecule has 4 nitrogen and oxygen atoms in total. The first kappa shape index (κ1) is 25.6. The van der Waals surface area contributed by atoms with Crippen LogP contribution >= 0.6 is 0 Å². The van der Waals surface area contributed by atoms with E-state index in [9.17, 15) is 17.2 Å². The van der Waals surface area contributed by atoms with Crippen LogP contribution in [0.1, 0.15) is 57.1 Å². The zero-order valence-electron chi connectivity index (χ0n) is 19.7. The van der Waals surface area contributed by atoms with Crippen molar-refractivity contribution < 1.29 is 26.7 Å². The van der Waals surface area contributed by atoms with Gasteiger partial charge < -0.3 is 9.47 Å². The Bertz CT molecular complexity index is 1010. The van der Waals surface area contributed by atoms with Crippen molar-refractivity contribution in [3.05, 3.63) is 65.2 Å². The third-order valence-electron chi connectivity index (χ3n) is 5.50. The van der Waals surface area contributed by atoms with E-state index in [1.165, 1.54) is 18.2 Å². The average Bonchev–Trinajstić information content (AvgIpc) is 3.56. The van der Waals surface area contributed by atoms with Gasteiger partial charge in [0.05, 0.1) is 24.7 Å². The molecule has 33 heavy (non-hydrogen) atoms. The van der Waals surface area contributed by atoms with Gasteiger partial charge in [0.1, 0.15) is 5.82 Å². The minimum absolute atomic E-state index is 0.0128. The summed E-state index contributed by atoms with van der Waals surface area (Å²) in [5.41, 5.74) is 1.30. The van der Waals surface area contributed by atoms with E-state index in [4.69, 9.17) is 9.47 Å². The minimum atomic E-state index is -3.45. The fraction of sp³-hybridized carbons (Fsp3) is 0.538. The van der Waals surface area contributed by atoms with Gasteiger partial charge in [0, 0.05) is 12.5 Å². The highest BCUT2D eigenvalue weighted by Crippen LogP contribution is 2.33. The summed E-state index contributed by atoms with van der Waals surface area (Å²) in [7, 11) is -3.45. The van der Waals surface area contributed by atoms with Crippen LogP contribution in [0.15, 0.2) is 42.5 Å². The third kappa shape index (κ3) is 8.70. The van der Waals surface area contributed by atoms with Crippen molar-refractivity contribution in [3.8, 4) is 5.75 Å². The van der Waals surface area contributed by atoms with Crippen LogP contribution in [0.3, 0.4) is 0 Å². The highest BCUT2D eigenvalue weighted by molar-refractivity contribution is 7.91. The van der Waals surface area contributed by atoms with Crippen LogP contribution < -0.4 is 4.74 Å². The molecular weight excluding hydrogens is 446 g/mol. The van der Waals surface area contributed by atoms with Crippen LogP contribution in [-0.4, -0.2) is 39.7 Å². The number of sulfone groups is 1. The molecule has 0 aliphatic heterocycles. The highest BCUT2D eigenvalue weighted by Gasteiger charge is 2.25. The number of benzene rings is 2. The standard InChI is InChI=1S/C26H34F2O4S/c1-26(2,3)18-31-13-4-14-33(29,30)17-23(20-7-10-22(27)11-8-20)21-9-12-24(28)25(15-21)32-16-19-5-6-19/h7-12,15,19,23H,4-6,13-14,16-18H2,1-3H3/t23-/m1/s1. The van der Waals surface area contributed by atoms with E-state index in [1.54, 1.807) is 24.3 Å². The van der Waals surface area contributed by atoms with Gasteiger partial charge in [-0.25, -0.2) is 17.2 Å². The molecule has 2 aromatic rings. The molecule has 1 aliphatic carbocycles. The molecule has 1 aliphatic rings. The van der Waals surface area contributed by atoms with Gasteiger partial charge in [0.15, 0.2) is 21.4 Å². The van der Waals surface area contributed by atoms with Crippen molar-refractivity contribution in [3.63, 3.8) is 0 Å². The van der Waals surface area contributed by atoms with Crippen molar-refractivity contribution in [2.24, 2.45) is 11.3 Å². The van der Waals surface area contributed by atoms with E-state index in [0.29, 0.717) is 43.3 Å². The van der Waals surface area contributed by atoms with Crippen LogP contribution in [0.2, 0.25) is 0 Å². The summed E-state index contributed by atoms with van der Waals surface area (Å²) < 4.78 is 65.0. The molecule has 0 N–H and O–H groups in total. The first-order valence-corrected chi connectivity index (χ1v) is 13.3. The topological polar surface area (TPSA) is 52.6 Å². The molecule has 0 amide bonds. The lowest BCUT2D eigenvalue weighted by Crippen LogP contribution is -2.21. The Morgan fingerprint density at radius 3 is 2.33 bits per heavy atom. The summed E-state index contributed by atoms with van der Waals surface area (Å²) in [5, 5.41) is 0. The number of halogens is 2. The third-order valence-corrected chi connectivity index (χ3v) is 7.25. The average molecular weight is 481 g/mol. The number of hydrogen-bond acceptors (Lipinski definition) is 4. The zero-order chi connectivity index (χ0) is 24.1. The molecule has 1 fully saturated rings. The molecule has 0 saturated heterocycles. The van der Waals surface area contributed by atoms with E-state index in [2.05, 4.69) is 20.8 Å². The summed E-state index contributed by atoms with van der Waals surface area (Å²) in [5.74, 6) is -1.02. The summed E-state index contributed by atoms with van der Waals surface area (Å²) in [6.07, 6.45) is 2.56. The van der Waals surface area contributed by atoms with Gasteiger partial charge in [-0.05, 0) is 66.0 Å². The Morgan fingerprint density at radius 2 is 1.70 bits per heavy atom. The summed E-state index contributed by atoms with van der Waals surface area (Å²) in [4.78, 5) is 0. The molecule has 182 valence electrons. The number of ether oxygens (including phenoxy) is 2. The fourth-order valence-corrected chi connectivity index (χ4v) is 5.13. The van der Waals surface area contributed by atoms with E-state index >= 15 is 0 Å². The Kier molecular flexibility index (Phi) is 8.51. The molecule has 0 bridgehead atoms. The molecular formula is C26H34F2O4S. The van der Waals surface area contributed by atoms with Crippen molar-refractivity contribution >= 4 is 9.84 Å². The van der Waals surface area contributed by atoms with E-state index in [0.717, 1.165) is 12.8 Å². The second kappa shape index (κ2) is 11.0. The molecule has 0 unspecified atom stereocenters. The lowest BCUT2D eigenvalue weighted by atomic mass is 9.93. The molecule has 3 rings (SSSR count). The predicted octanol–water partition coefficient (Wildman–Crippen LogP) is 5.75. The van der Waals surface area contributed by atoms with Gasteiger partial charge in [0.2, 0.25) is 0 Å². The summed E-state index contributed by atoms with van der Waals surface area (Å²) in [6, 6.07) is 10.2. The first-order valence-electron chi connectivity index (χ1n) is 11.5. The van der Waals surface area contributed by atoms with Crippen LogP contribution in [0.25, 0.3) is 0 Å². The normalized spacial score (nSPS) is 15.4. The molecule has 0 radical (unpaired) electrons. The van der Waals surface area contributed by atoms with E-state index < -0.39 is 27.4 Å². The summed E-state index contributed by atoms with van der Waals surface area (Å²) in [6.45, 7) is 7.55. The second-order valence-electron chi connectivity index (χ2n) is 10.1. The Hall–Kier alpha value is -1.99. The molecule has 0 aromatic heterocycles. The molecule has 7 heteroatoms. The Labute approximate surface area is 196 Å². The van der Waals surface area contributed by atoms with Crippen molar-refractivity contribution in [2.45, 2.75) is 46.0 Å². The molecule has 1 atom stereocenters. The van der Waals surface area contributed by atoms with Crippen LogP contribution in [0.4, 0.5) is 8.78 Å². The lowest BCUT2D eigenvalue weighted by Gasteiger charge is -2.20. The van der Waals surface area contributed by atoms with E-state index in [1.807, 2.05) is 0 Å². The lowest BCUT2D eigenvalue weighted by molar-refractivity contribution is 0.0720. The second-order valence-corrected chi connectivity index (χ2v) is 12.4. The van der Waals surface area contributed by atoms with Gasteiger partial charge in [-0.3, -0.25) is 0 Å². The Morgan fingerprint density at radius 1 is 1.03 bits per heavy atom. The largest absolute Gasteiger partial charge is 0.490 e. The number of rotatable bonds is 12. The maximum atomic E-state index is 14.3. The smallest absolute Gasteiger partial charge is 0.165 e. The monoisotopic (exact) mass is 480 g/mol. The summed E-state index contributed by atoms with van der Waals surface area (Å²) >= 11 is 0. The quantitative estimate of drug-likeness (QED) is 0.363. The highest BCUT2D eigenvalue weighted by atomic mass is 32.2. The molecule has 0 spiro atoms. The predicted molar refractivity (Wildman–Crippen MR) is 126 cm³/mol. The SMILES string of the molecule is CC(C)(C)COCCCS(=O)(=O)C[C@H](c1ccc(F)cc1)c1ccc(F)c(OCC2CC2)c1. The van der Waals surface area contributed by atoms with E-state index in [-0.39, 0.29) is 22.7 Å². The van der Waals surface area contributed by atoms with Gasteiger partial charge in [0.25, 0.3) is 0 Å². The van der Waals surface area contributed by atoms with Crippen molar-refractivity contribution in [1.82, 2.24) is 0 Å². The zero-order valence-corrected chi connectivity index (χ0v) is 20.5. The van der Waals surface area contributed by atoms with Crippen LogP contribution in [0.5, 0.6) is 5.75 Å². The molecule has 2 aromatic carbocycles. The molecule has 1 saturated carbocycles. The maximum Gasteiger partial charge on any atom is 0.165 e. The van der Waals surface area contributed by atoms with Gasteiger partial charge in [-0.2, -0.15) is 0 Å². The Balaban J connectivity index is 1.74. The van der Waals surface area contributed by atoms with Crippen molar-refractivity contribution in [1.29, 1.82) is 0 Å². The fourth-order valence-electron chi connectivity index (χ4n) is 3.52. The minimum Gasteiger partial charge on any atom is -0.490 e. The van der Waals surface area contributed by atoms with Crippen LogP contribution in [-0.2, 0) is 14.6 Å².